The first-order valence-electron chi connectivity index (χ1n) is 5.22. The van der Waals surface area contributed by atoms with Gasteiger partial charge in [-0.05, 0) is 24.3 Å². The molecule has 0 aliphatic heterocycles. The van der Waals surface area contributed by atoms with Gasteiger partial charge in [-0.2, -0.15) is 0 Å². The molecule has 100 valence electrons. The molecule has 0 fully saturated rings. The molecule has 0 atom stereocenters. The van der Waals surface area contributed by atoms with Crippen LogP contribution in [0.4, 0.5) is 0 Å². The third-order valence-electron chi connectivity index (χ3n) is 2.60. The minimum atomic E-state index is 0.000338. The van der Waals surface area contributed by atoms with E-state index < -0.39 is 0 Å². The molecule has 0 spiro atoms. The van der Waals surface area contributed by atoms with Gasteiger partial charge >= 0.3 is 0 Å². The van der Waals surface area contributed by atoms with Crippen LogP contribution in [0.1, 0.15) is 11.1 Å². The lowest BCUT2D eigenvalue weighted by Crippen LogP contribution is -1.92. The zero-order valence-corrected chi connectivity index (χ0v) is 14.1. The van der Waals surface area contributed by atoms with Gasteiger partial charge in [-0.3, -0.25) is 0 Å². The van der Waals surface area contributed by atoms with Crippen LogP contribution < -0.4 is 0 Å². The van der Waals surface area contributed by atoms with E-state index in [4.69, 9.17) is 23.2 Å². The second kappa shape index (κ2) is 5.92. The van der Waals surface area contributed by atoms with Crippen molar-refractivity contribution in [2.45, 2.75) is 6.42 Å². The lowest BCUT2D eigenvalue weighted by atomic mass is 10.0. The second-order valence-corrected chi connectivity index (χ2v) is 6.61. The first-order chi connectivity index (χ1) is 8.88. The van der Waals surface area contributed by atoms with E-state index in [1.165, 1.54) is 0 Å². The number of phenolic OH excluding ortho intramolecular Hbond substituents is 2. The summed E-state index contributed by atoms with van der Waals surface area (Å²) in [5.74, 6) is 0.000675. The predicted octanol–water partition coefficient (Wildman–Crippen LogP) is 5.52. The topological polar surface area (TPSA) is 40.5 Å². The van der Waals surface area contributed by atoms with Crippen molar-refractivity contribution < 1.29 is 10.2 Å². The van der Waals surface area contributed by atoms with Crippen molar-refractivity contribution in [3.05, 3.63) is 54.4 Å². The van der Waals surface area contributed by atoms with E-state index >= 15 is 0 Å². The average molecular weight is 427 g/mol. The van der Waals surface area contributed by atoms with Crippen LogP contribution in [0.2, 0.25) is 10.0 Å². The monoisotopic (exact) mass is 424 g/mol. The molecular formula is C13H8Br2Cl2O2. The molecule has 2 rings (SSSR count). The van der Waals surface area contributed by atoms with Gasteiger partial charge in [-0.15, -0.1) is 0 Å². The van der Waals surface area contributed by atoms with Crippen LogP contribution in [0.3, 0.4) is 0 Å². The summed E-state index contributed by atoms with van der Waals surface area (Å²) >= 11 is 18.4. The van der Waals surface area contributed by atoms with Gasteiger partial charge in [0.2, 0.25) is 0 Å². The van der Waals surface area contributed by atoms with E-state index in [2.05, 4.69) is 31.9 Å². The van der Waals surface area contributed by atoms with E-state index in [1.807, 2.05) is 0 Å². The SMILES string of the molecule is Oc1c(Cl)cc(Br)cc1Cc1cc(Br)cc(Cl)c1O. The summed E-state index contributed by atoms with van der Waals surface area (Å²) in [5, 5.41) is 20.4. The van der Waals surface area contributed by atoms with E-state index in [9.17, 15) is 10.2 Å². The summed E-state index contributed by atoms with van der Waals surface area (Å²) in [6.07, 6.45) is 0.315. The van der Waals surface area contributed by atoms with Gasteiger partial charge in [0, 0.05) is 26.5 Å². The quantitative estimate of drug-likeness (QED) is 0.663. The zero-order chi connectivity index (χ0) is 14.2. The Morgan fingerprint density at radius 2 is 1.16 bits per heavy atom. The third-order valence-corrected chi connectivity index (χ3v) is 4.09. The normalized spacial score (nSPS) is 10.7. The first kappa shape index (κ1) is 15.0. The highest BCUT2D eigenvalue weighted by Gasteiger charge is 2.13. The molecule has 0 radical (unpaired) electrons. The standard InChI is InChI=1S/C13H8Br2Cl2O2/c14-8-2-6(12(18)10(16)4-8)1-7-3-9(15)5-11(17)13(7)19/h2-5,18-19H,1H2. The Bertz CT molecular complexity index is 590. The van der Waals surface area contributed by atoms with Crippen LogP contribution in [0.25, 0.3) is 0 Å². The number of phenols is 2. The minimum Gasteiger partial charge on any atom is -0.506 e. The maximum atomic E-state index is 9.93. The minimum absolute atomic E-state index is 0.000338. The summed E-state index contributed by atoms with van der Waals surface area (Å²) in [6, 6.07) is 6.70. The largest absolute Gasteiger partial charge is 0.506 e. The Hall–Kier alpha value is -0.420. The number of aromatic hydroxyl groups is 2. The summed E-state index contributed by atoms with van der Waals surface area (Å²) < 4.78 is 1.51. The molecule has 0 unspecified atom stereocenters. The molecule has 0 amide bonds. The van der Waals surface area contributed by atoms with Gasteiger partial charge in [0.1, 0.15) is 11.5 Å². The predicted molar refractivity (Wildman–Crippen MR) is 84.4 cm³/mol. The molecule has 0 aliphatic carbocycles. The van der Waals surface area contributed by atoms with Crippen molar-refractivity contribution in [2.75, 3.05) is 0 Å². The fourth-order valence-corrected chi connectivity index (χ4v) is 3.47. The van der Waals surface area contributed by atoms with E-state index in [-0.39, 0.29) is 21.5 Å². The van der Waals surface area contributed by atoms with Crippen LogP contribution in [-0.4, -0.2) is 10.2 Å². The molecule has 2 aromatic carbocycles. The van der Waals surface area contributed by atoms with Crippen LogP contribution in [0.5, 0.6) is 11.5 Å². The number of rotatable bonds is 2. The van der Waals surface area contributed by atoms with Crippen LogP contribution >= 0.6 is 55.1 Å². The van der Waals surface area contributed by atoms with Crippen molar-refractivity contribution in [1.82, 2.24) is 0 Å². The van der Waals surface area contributed by atoms with Gasteiger partial charge in [-0.1, -0.05) is 55.1 Å². The molecule has 6 heteroatoms. The lowest BCUT2D eigenvalue weighted by molar-refractivity contribution is 0.463. The lowest BCUT2D eigenvalue weighted by Gasteiger charge is -2.10. The van der Waals surface area contributed by atoms with Crippen molar-refractivity contribution in [1.29, 1.82) is 0 Å². The van der Waals surface area contributed by atoms with Crippen LogP contribution in [0.15, 0.2) is 33.2 Å². The second-order valence-electron chi connectivity index (χ2n) is 3.97. The highest BCUT2D eigenvalue weighted by atomic mass is 79.9. The zero-order valence-electron chi connectivity index (χ0n) is 9.42. The van der Waals surface area contributed by atoms with E-state index in [1.54, 1.807) is 24.3 Å². The summed E-state index contributed by atoms with van der Waals surface area (Å²) in [6.45, 7) is 0. The molecule has 0 bridgehead atoms. The molecule has 0 aliphatic rings. The number of benzene rings is 2. The smallest absolute Gasteiger partial charge is 0.137 e. The Morgan fingerprint density at radius 3 is 1.53 bits per heavy atom. The van der Waals surface area contributed by atoms with Crippen molar-refractivity contribution in [3.63, 3.8) is 0 Å². The number of hydrogen-bond acceptors (Lipinski definition) is 2. The van der Waals surface area contributed by atoms with Gasteiger partial charge in [-0.25, -0.2) is 0 Å². The maximum Gasteiger partial charge on any atom is 0.137 e. The first-order valence-corrected chi connectivity index (χ1v) is 7.56. The molecule has 0 heterocycles. The molecule has 0 saturated carbocycles. The molecule has 2 aromatic rings. The van der Waals surface area contributed by atoms with E-state index in [0.29, 0.717) is 17.5 Å². The third kappa shape index (κ3) is 3.37. The molecule has 2 N–H and O–H groups in total. The van der Waals surface area contributed by atoms with Crippen LogP contribution in [-0.2, 0) is 6.42 Å². The molecule has 2 nitrogen and oxygen atoms in total. The Kier molecular flexibility index (Phi) is 4.66. The number of halogens is 4. The Labute approximate surface area is 137 Å². The molecule has 19 heavy (non-hydrogen) atoms. The van der Waals surface area contributed by atoms with Gasteiger partial charge in [0.25, 0.3) is 0 Å². The summed E-state index contributed by atoms with van der Waals surface area (Å²) in [5.41, 5.74) is 1.20. The van der Waals surface area contributed by atoms with Crippen LogP contribution in [0, 0.1) is 0 Å². The summed E-state index contributed by atoms with van der Waals surface area (Å²) in [4.78, 5) is 0. The number of hydrogen-bond donors (Lipinski definition) is 2. The maximum absolute atomic E-state index is 9.93. The molecule has 0 saturated heterocycles. The summed E-state index contributed by atoms with van der Waals surface area (Å²) in [7, 11) is 0. The molecular weight excluding hydrogens is 419 g/mol. The fourth-order valence-electron chi connectivity index (χ4n) is 1.71. The van der Waals surface area contributed by atoms with Crippen molar-refractivity contribution in [3.8, 4) is 11.5 Å². The Morgan fingerprint density at radius 1 is 0.789 bits per heavy atom. The fraction of sp³-hybridized carbons (Fsp3) is 0.0769. The van der Waals surface area contributed by atoms with Gasteiger partial charge in [0.05, 0.1) is 10.0 Å². The van der Waals surface area contributed by atoms with E-state index in [0.717, 1.165) is 8.95 Å². The van der Waals surface area contributed by atoms with Crippen molar-refractivity contribution in [2.24, 2.45) is 0 Å². The molecule has 0 aromatic heterocycles. The highest BCUT2D eigenvalue weighted by Crippen LogP contribution is 2.37. The van der Waals surface area contributed by atoms with Gasteiger partial charge < -0.3 is 10.2 Å². The average Bonchev–Trinajstić information content (AvgIpc) is 2.31. The highest BCUT2D eigenvalue weighted by molar-refractivity contribution is 9.10. The Balaban J connectivity index is 2.47. The van der Waals surface area contributed by atoms with Crippen molar-refractivity contribution >= 4 is 55.1 Å². The van der Waals surface area contributed by atoms with Gasteiger partial charge in [0.15, 0.2) is 0 Å².